The van der Waals surface area contributed by atoms with Crippen LogP contribution in [0.2, 0.25) is 0 Å². The number of hydrogen-bond acceptors (Lipinski definition) is 4. The molecule has 1 aliphatic rings. The third-order valence-corrected chi connectivity index (χ3v) is 2.49. The number of rotatable bonds is 4. The fourth-order valence-corrected chi connectivity index (χ4v) is 1.73. The molecule has 0 aromatic heterocycles. The number of esters is 1. The van der Waals surface area contributed by atoms with E-state index in [0.717, 1.165) is 0 Å². The Kier molecular flexibility index (Phi) is 4.74. The van der Waals surface area contributed by atoms with E-state index < -0.39 is 24.0 Å². The number of carbonyl (C=O) groups is 3. The lowest BCUT2D eigenvalue weighted by molar-refractivity contribution is -0.141. The van der Waals surface area contributed by atoms with E-state index >= 15 is 0 Å². The van der Waals surface area contributed by atoms with E-state index in [1.54, 1.807) is 6.92 Å². The van der Waals surface area contributed by atoms with Gasteiger partial charge >= 0.3 is 18.0 Å². The molecule has 0 saturated carbocycles. The molecule has 1 fully saturated rings. The van der Waals surface area contributed by atoms with Crippen LogP contribution in [0, 0.1) is 0 Å². The van der Waals surface area contributed by atoms with Crippen molar-refractivity contribution in [3.63, 3.8) is 0 Å². The molecule has 0 spiro atoms. The van der Waals surface area contributed by atoms with Crippen molar-refractivity contribution in [3.05, 3.63) is 0 Å². The molecule has 0 aromatic rings. The topological polar surface area (TPSA) is 95.9 Å². The first-order chi connectivity index (χ1) is 8.06. The van der Waals surface area contributed by atoms with Crippen LogP contribution in [0.1, 0.15) is 19.8 Å². The first-order valence-corrected chi connectivity index (χ1v) is 5.49. The zero-order valence-corrected chi connectivity index (χ0v) is 9.64. The van der Waals surface area contributed by atoms with Gasteiger partial charge in [-0.3, -0.25) is 4.79 Å². The van der Waals surface area contributed by atoms with E-state index in [1.165, 1.54) is 4.90 Å². The molecule has 7 nitrogen and oxygen atoms in total. The van der Waals surface area contributed by atoms with Gasteiger partial charge in [0.15, 0.2) is 0 Å². The van der Waals surface area contributed by atoms with Gasteiger partial charge in [-0.15, -0.1) is 0 Å². The molecule has 0 radical (unpaired) electrons. The Labute approximate surface area is 98.7 Å². The average molecular weight is 244 g/mol. The largest absolute Gasteiger partial charge is 0.480 e. The summed E-state index contributed by atoms with van der Waals surface area (Å²) < 4.78 is 4.64. The zero-order chi connectivity index (χ0) is 12.8. The molecular weight excluding hydrogens is 228 g/mol. The molecule has 7 heteroatoms. The number of nitrogens with zero attached hydrogens (tertiary/aromatic N) is 1. The van der Waals surface area contributed by atoms with Gasteiger partial charge in [-0.2, -0.15) is 0 Å². The minimum absolute atomic E-state index is 0.241. The highest BCUT2D eigenvalue weighted by atomic mass is 16.5. The van der Waals surface area contributed by atoms with Crippen LogP contribution in [-0.2, 0) is 14.3 Å². The van der Waals surface area contributed by atoms with Crippen molar-refractivity contribution in [2.45, 2.75) is 25.8 Å². The van der Waals surface area contributed by atoms with Crippen LogP contribution in [0.25, 0.3) is 0 Å². The fourth-order valence-electron chi connectivity index (χ4n) is 1.73. The number of amides is 2. The van der Waals surface area contributed by atoms with E-state index in [0.29, 0.717) is 19.4 Å². The molecule has 0 unspecified atom stereocenters. The van der Waals surface area contributed by atoms with Gasteiger partial charge in [0.25, 0.3) is 0 Å². The number of nitrogens with one attached hydrogen (secondary N) is 1. The summed E-state index contributed by atoms with van der Waals surface area (Å²) in [6.45, 7) is 2.07. The molecule has 1 saturated heterocycles. The quantitative estimate of drug-likeness (QED) is 0.668. The number of urea groups is 1. The predicted octanol–water partition coefficient (Wildman–Crippen LogP) is -0.192. The molecule has 0 aliphatic carbocycles. The molecule has 1 aliphatic heterocycles. The summed E-state index contributed by atoms with van der Waals surface area (Å²) in [5, 5.41) is 11.2. The van der Waals surface area contributed by atoms with Gasteiger partial charge in [0.05, 0.1) is 6.61 Å². The summed E-state index contributed by atoms with van der Waals surface area (Å²) in [5.41, 5.74) is 0. The molecule has 96 valence electrons. The van der Waals surface area contributed by atoms with Crippen molar-refractivity contribution < 1.29 is 24.2 Å². The maximum atomic E-state index is 11.6. The fraction of sp³-hybridized carbons (Fsp3) is 0.700. The van der Waals surface area contributed by atoms with E-state index in [4.69, 9.17) is 5.11 Å². The Balaban J connectivity index is 2.42. The number of ether oxygens (including phenoxy) is 1. The Bertz CT molecular complexity index is 318. The lowest BCUT2D eigenvalue weighted by atomic mass is 10.2. The molecule has 17 heavy (non-hydrogen) atoms. The van der Waals surface area contributed by atoms with Crippen LogP contribution in [0.3, 0.4) is 0 Å². The highest BCUT2D eigenvalue weighted by Gasteiger charge is 2.33. The number of carbonyl (C=O) groups excluding carboxylic acids is 2. The Morgan fingerprint density at radius 1 is 1.47 bits per heavy atom. The lowest BCUT2D eigenvalue weighted by Gasteiger charge is -2.21. The summed E-state index contributed by atoms with van der Waals surface area (Å²) in [4.78, 5) is 34.7. The molecule has 1 heterocycles. The van der Waals surface area contributed by atoms with Crippen molar-refractivity contribution in [3.8, 4) is 0 Å². The number of carboxylic acids is 1. The van der Waals surface area contributed by atoms with E-state index in [1.807, 2.05) is 0 Å². The van der Waals surface area contributed by atoms with Gasteiger partial charge in [0.2, 0.25) is 0 Å². The van der Waals surface area contributed by atoms with Crippen LogP contribution in [0.5, 0.6) is 0 Å². The first-order valence-electron chi connectivity index (χ1n) is 5.49. The van der Waals surface area contributed by atoms with Crippen LogP contribution in [0.15, 0.2) is 0 Å². The van der Waals surface area contributed by atoms with Gasteiger partial charge < -0.3 is 20.1 Å². The third-order valence-electron chi connectivity index (χ3n) is 2.49. The van der Waals surface area contributed by atoms with Gasteiger partial charge in [-0.05, 0) is 19.8 Å². The third kappa shape index (κ3) is 3.61. The number of aliphatic carboxylic acids is 1. The van der Waals surface area contributed by atoms with Crippen molar-refractivity contribution in [1.29, 1.82) is 0 Å². The normalized spacial score (nSPS) is 18.9. The standard InChI is InChI=1S/C10H16N2O5/c1-2-17-8(13)6-11-10(16)12-5-3-4-7(12)9(14)15/h7H,2-6H2,1H3,(H,11,16)(H,14,15)/t7-/m0/s1. The van der Waals surface area contributed by atoms with Gasteiger partial charge in [-0.1, -0.05) is 0 Å². The number of likely N-dealkylation sites (tertiary alicyclic amines) is 1. The van der Waals surface area contributed by atoms with Crippen LogP contribution >= 0.6 is 0 Å². The van der Waals surface area contributed by atoms with Crippen molar-refractivity contribution in [2.24, 2.45) is 0 Å². The Morgan fingerprint density at radius 3 is 2.76 bits per heavy atom. The predicted molar refractivity (Wildman–Crippen MR) is 57.4 cm³/mol. The van der Waals surface area contributed by atoms with Crippen LogP contribution in [-0.4, -0.2) is 53.7 Å². The molecule has 0 aromatic carbocycles. The summed E-state index contributed by atoms with van der Waals surface area (Å²) in [6.07, 6.45) is 1.10. The zero-order valence-electron chi connectivity index (χ0n) is 9.64. The second-order valence-corrected chi connectivity index (χ2v) is 3.65. The smallest absolute Gasteiger partial charge is 0.326 e. The maximum Gasteiger partial charge on any atom is 0.326 e. The monoisotopic (exact) mass is 244 g/mol. The second kappa shape index (κ2) is 6.07. The van der Waals surface area contributed by atoms with Crippen LogP contribution < -0.4 is 5.32 Å². The maximum absolute atomic E-state index is 11.6. The summed E-state index contributed by atoms with van der Waals surface area (Å²) in [6, 6.07) is -1.33. The Morgan fingerprint density at radius 2 is 2.18 bits per heavy atom. The number of hydrogen-bond donors (Lipinski definition) is 2. The molecular formula is C10H16N2O5. The van der Waals surface area contributed by atoms with E-state index in [9.17, 15) is 14.4 Å². The van der Waals surface area contributed by atoms with E-state index in [2.05, 4.69) is 10.1 Å². The summed E-state index contributed by atoms with van der Waals surface area (Å²) in [5.74, 6) is -1.55. The van der Waals surface area contributed by atoms with Crippen LogP contribution in [0.4, 0.5) is 4.79 Å². The summed E-state index contributed by atoms with van der Waals surface area (Å²) >= 11 is 0. The van der Waals surface area contributed by atoms with Gasteiger partial charge in [0, 0.05) is 6.54 Å². The van der Waals surface area contributed by atoms with Crippen molar-refractivity contribution >= 4 is 18.0 Å². The second-order valence-electron chi connectivity index (χ2n) is 3.65. The minimum Gasteiger partial charge on any atom is -0.480 e. The minimum atomic E-state index is -1.02. The SMILES string of the molecule is CCOC(=O)CNC(=O)N1CCC[C@H]1C(=O)O. The molecule has 1 atom stereocenters. The molecule has 0 bridgehead atoms. The average Bonchev–Trinajstić information content (AvgIpc) is 2.75. The van der Waals surface area contributed by atoms with Crippen molar-refractivity contribution in [2.75, 3.05) is 19.7 Å². The number of carboxylic acid groups (broad SMARTS) is 1. The van der Waals surface area contributed by atoms with Gasteiger partial charge in [-0.25, -0.2) is 9.59 Å². The van der Waals surface area contributed by atoms with E-state index in [-0.39, 0.29) is 13.2 Å². The first kappa shape index (κ1) is 13.3. The summed E-state index contributed by atoms with van der Waals surface area (Å²) in [7, 11) is 0. The highest BCUT2D eigenvalue weighted by Crippen LogP contribution is 2.16. The van der Waals surface area contributed by atoms with Gasteiger partial charge in [0.1, 0.15) is 12.6 Å². The highest BCUT2D eigenvalue weighted by molar-refractivity contribution is 5.85. The Hall–Kier alpha value is -1.79. The molecule has 2 N–H and O–H groups in total. The molecule has 2 amide bonds. The van der Waals surface area contributed by atoms with Crippen molar-refractivity contribution in [1.82, 2.24) is 10.2 Å². The molecule has 1 rings (SSSR count). The lowest BCUT2D eigenvalue weighted by Crippen LogP contribution is -2.47.